The van der Waals surface area contributed by atoms with Crippen molar-refractivity contribution in [3.05, 3.63) is 54.1 Å². The lowest BCUT2D eigenvalue weighted by atomic mass is 10.2. The number of nitrogens with one attached hydrogen (secondary N) is 1. The number of carbonyl (C=O) groups excluding carboxylic acids is 1. The standard InChI is InChI=1S/C20H24N2O5S/c1-2-16-3-7-18(8-4-16)27-15-20(23)21-17-5-9-19(10-6-17)28(24,25)22-11-13-26-14-12-22/h3-10H,2,11-15H2,1H3,(H,21,23). The van der Waals surface area contributed by atoms with Crippen molar-refractivity contribution in [1.29, 1.82) is 0 Å². The van der Waals surface area contributed by atoms with Crippen LogP contribution in [0.15, 0.2) is 53.4 Å². The summed E-state index contributed by atoms with van der Waals surface area (Å²) in [5, 5.41) is 2.70. The molecule has 1 heterocycles. The van der Waals surface area contributed by atoms with Crippen LogP contribution in [0.4, 0.5) is 5.69 Å². The van der Waals surface area contributed by atoms with Crippen molar-refractivity contribution in [2.24, 2.45) is 0 Å². The molecule has 1 saturated heterocycles. The lowest BCUT2D eigenvalue weighted by Crippen LogP contribution is -2.40. The van der Waals surface area contributed by atoms with E-state index >= 15 is 0 Å². The molecule has 0 aromatic heterocycles. The molecule has 3 rings (SSSR count). The first-order chi connectivity index (χ1) is 13.5. The summed E-state index contributed by atoms with van der Waals surface area (Å²) >= 11 is 0. The zero-order valence-corrected chi connectivity index (χ0v) is 16.6. The normalized spacial score (nSPS) is 15.2. The van der Waals surface area contributed by atoms with Gasteiger partial charge in [0.2, 0.25) is 10.0 Å². The number of ether oxygens (including phenoxy) is 2. The van der Waals surface area contributed by atoms with Crippen molar-refractivity contribution in [3.63, 3.8) is 0 Å². The number of carbonyl (C=O) groups is 1. The molecule has 1 aliphatic rings. The number of anilines is 1. The lowest BCUT2D eigenvalue weighted by molar-refractivity contribution is -0.118. The van der Waals surface area contributed by atoms with Gasteiger partial charge in [0.15, 0.2) is 6.61 Å². The average molecular weight is 404 g/mol. The van der Waals surface area contributed by atoms with E-state index < -0.39 is 10.0 Å². The maximum atomic E-state index is 12.6. The molecule has 2 aromatic carbocycles. The molecule has 7 nitrogen and oxygen atoms in total. The molecule has 2 aromatic rings. The van der Waals surface area contributed by atoms with E-state index in [1.165, 1.54) is 22.0 Å². The molecule has 28 heavy (non-hydrogen) atoms. The van der Waals surface area contributed by atoms with Crippen LogP contribution in [0.3, 0.4) is 0 Å². The maximum Gasteiger partial charge on any atom is 0.262 e. The minimum absolute atomic E-state index is 0.126. The van der Waals surface area contributed by atoms with Gasteiger partial charge in [0.1, 0.15) is 5.75 Å². The van der Waals surface area contributed by atoms with Gasteiger partial charge < -0.3 is 14.8 Å². The summed E-state index contributed by atoms with van der Waals surface area (Å²) in [7, 11) is -3.54. The highest BCUT2D eigenvalue weighted by Gasteiger charge is 2.26. The van der Waals surface area contributed by atoms with Gasteiger partial charge in [0.05, 0.1) is 18.1 Å². The van der Waals surface area contributed by atoms with Crippen LogP contribution in [0.1, 0.15) is 12.5 Å². The molecule has 8 heteroatoms. The molecule has 0 radical (unpaired) electrons. The Labute approximate surface area is 165 Å². The molecular formula is C20H24N2O5S. The van der Waals surface area contributed by atoms with Crippen LogP contribution in [0.5, 0.6) is 5.75 Å². The Morgan fingerprint density at radius 1 is 1.07 bits per heavy atom. The quantitative estimate of drug-likeness (QED) is 0.765. The Hall–Kier alpha value is -2.42. The SMILES string of the molecule is CCc1ccc(OCC(=O)Nc2ccc(S(=O)(=O)N3CCOCC3)cc2)cc1. The van der Waals surface area contributed by atoms with Crippen LogP contribution in [0.2, 0.25) is 0 Å². The molecule has 150 valence electrons. The monoisotopic (exact) mass is 404 g/mol. The molecule has 0 unspecified atom stereocenters. The van der Waals surface area contributed by atoms with Gasteiger partial charge in [-0.3, -0.25) is 4.79 Å². The zero-order chi connectivity index (χ0) is 20.0. The molecule has 0 spiro atoms. The summed E-state index contributed by atoms with van der Waals surface area (Å²) in [5.74, 6) is 0.308. The maximum absolute atomic E-state index is 12.6. The van der Waals surface area contributed by atoms with Gasteiger partial charge >= 0.3 is 0 Å². The first-order valence-electron chi connectivity index (χ1n) is 9.18. The number of benzene rings is 2. The van der Waals surface area contributed by atoms with Gasteiger partial charge in [-0.1, -0.05) is 19.1 Å². The molecule has 0 bridgehead atoms. The van der Waals surface area contributed by atoms with Gasteiger partial charge in [-0.05, 0) is 48.4 Å². The second-order valence-corrected chi connectivity index (χ2v) is 8.31. The van der Waals surface area contributed by atoms with Crippen molar-refractivity contribution in [1.82, 2.24) is 4.31 Å². The summed E-state index contributed by atoms with van der Waals surface area (Å²) in [6.07, 6.45) is 0.942. The van der Waals surface area contributed by atoms with E-state index in [0.717, 1.165) is 6.42 Å². The number of aryl methyl sites for hydroxylation is 1. The van der Waals surface area contributed by atoms with E-state index in [9.17, 15) is 13.2 Å². The van der Waals surface area contributed by atoms with Gasteiger partial charge in [-0.2, -0.15) is 4.31 Å². The van der Waals surface area contributed by atoms with Crippen molar-refractivity contribution >= 4 is 21.6 Å². The van der Waals surface area contributed by atoms with E-state index in [-0.39, 0.29) is 17.4 Å². The molecular weight excluding hydrogens is 380 g/mol. The van der Waals surface area contributed by atoms with Crippen LogP contribution in [0, 0.1) is 0 Å². The smallest absolute Gasteiger partial charge is 0.262 e. The van der Waals surface area contributed by atoms with Crippen molar-refractivity contribution in [2.75, 3.05) is 38.2 Å². The molecule has 1 N–H and O–H groups in total. The highest BCUT2D eigenvalue weighted by atomic mass is 32.2. The number of rotatable bonds is 7. The molecule has 1 fully saturated rings. The first-order valence-corrected chi connectivity index (χ1v) is 10.6. The second kappa shape index (κ2) is 9.18. The van der Waals surface area contributed by atoms with Gasteiger partial charge in [0, 0.05) is 18.8 Å². The van der Waals surface area contributed by atoms with Crippen LogP contribution >= 0.6 is 0 Å². The summed E-state index contributed by atoms with van der Waals surface area (Å²) in [6, 6.07) is 13.7. The van der Waals surface area contributed by atoms with Gasteiger partial charge in [0.25, 0.3) is 5.91 Å². The van der Waals surface area contributed by atoms with E-state index in [4.69, 9.17) is 9.47 Å². The third-order valence-corrected chi connectivity index (χ3v) is 6.36. The Balaban J connectivity index is 1.55. The van der Waals surface area contributed by atoms with Crippen LogP contribution in [-0.2, 0) is 26.0 Å². The molecule has 1 amide bonds. The molecule has 0 atom stereocenters. The Bertz CT molecular complexity index is 889. The van der Waals surface area contributed by atoms with Crippen LogP contribution < -0.4 is 10.1 Å². The topological polar surface area (TPSA) is 84.9 Å². The fraction of sp³-hybridized carbons (Fsp3) is 0.350. The van der Waals surface area contributed by atoms with Crippen LogP contribution in [-0.4, -0.2) is 51.5 Å². The van der Waals surface area contributed by atoms with E-state index in [0.29, 0.717) is 37.7 Å². The second-order valence-electron chi connectivity index (χ2n) is 6.38. The summed E-state index contributed by atoms with van der Waals surface area (Å²) in [6.45, 7) is 3.43. The van der Waals surface area contributed by atoms with Crippen molar-refractivity contribution < 1.29 is 22.7 Å². The highest BCUT2D eigenvalue weighted by Crippen LogP contribution is 2.19. The van der Waals surface area contributed by atoms with E-state index in [1.54, 1.807) is 12.1 Å². The minimum Gasteiger partial charge on any atom is -0.484 e. The minimum atomic E-state index is -3.54. The highest BCUT2D eigenvalue weighted by molar-refractivity contribution is 7.89. The third-order valence-electron chi connectivity index (χ3n) is 4.45. The third kappa shape index (κ3) is 5.09. The van der Waals surface area contributed by atoms with Crippen molar-refractivity contribution in [2.45, 2.75) is 18.2 Å². The summed E-state index contributed by atoms with van der Waals surface area (Å²) < 4.78 is 37.2. The largest absolute Gasteiger partial charge is 0.484 e. The fourth-order valence-electron chi connectivity index (χ4n) is 2.81. The molecule has 1 aliphatic heterocycles. The predicted octanol–water partition coefficient (Wildman–Crippen LogP) is 2.29. The number of morpholine rings is 1. The van der Waals surface area contributed by atoms with E-state index in [2.05, 4.69) is 12.2 Å². The summed E-state index contributed by atoms with van der Waals surface area (Å²) in [4.78, 5) is 12.3. The average Bonchev–Trinajstić information content (AvgIpc) is 2.73. The number of hydrogen-bond donors (Lipinski definition) is 1. The van der Waals surface area contributed by atoms with Crippen molar-refractivity contribution in [3.8, 4) is 5.75 Å². The Kier molecular flexibility index (Phi) is 6.66. The number of sulfonamides is 1. The first kappa shape index (κ1) is 20.3. The number of hydrogen-bond acceptors (Lipinski definition) is 5. The van der Waals surface area contributed by atoms with Gasteiger partial charge in [-0.15, -0.1) is 0 Å². The van der Waals surface area contributed by atoms with E-state index in [1.807, 2.05) is 24.3 Å². The Morgan fingerprint density at radius 3 is 2.32 bits per heavy atom. The molecule has 0 saturated carbocycles. The van der Waals surface area contributed by atoms with Gasteiger partial charge in [-0.25, -0.2) is 8.42 Å². The van der Waals surface area contributed by atoms with Crippen LogP contribution in [0.25, 0.3) is 0 Å². The Morgan fingerprint density at radius 2 is 1.71 bits per heavy atom. The summed E-state index contributed by atoms with van der Waals surface area (Å²) in [5.41, 5.74) is 1.71. The zero-order valence-electron chi connectivity index (χ0n) is 15.8. The lowest BCUT2D eigenvalue weighted by Gasteiger charge is -2.26. The number of nitrogens with zero attached hydrogens (tertiary/aromatic N) is 1. The molecule has 0 aliphatic carbocycles. The predicted molar refractivity (Wildman–Crippen MR) is 106 cm³/mol. The number of amides is 1. The fourth-order valence-corrected chi connectivity index (χ4v) is 4.22.